The Morgan fingerprint density at radius 1 is 1.20 bits per heavy atom. The van der Waals surface area contributed by atoms with Gasteiger partial charge in [-0.1, -0.05) is 12.1 Å². The molecule has 1 aromatic carbocycles. The second-order valence-corrected chi connectivity index (χ2v) is 6.22. The Morgan fingerprint density at radius 3 is 2.60 bits per heavy atom. The Kier molecular flexibility index (Phi) is 7.57. The van der Waals surface area contributed by atoms with Crippen molar-refractivity contribution < 1.29 is 9.53 Å². The molecule has 1 aromatic rings. The molecular formula is C19H30N4O2. The van der Waals surface area contributed by atoms with Crippen LogP contribution in [0.5, 0.6) is 5.75 Å². The van der Waals surface area contributed by atoms with Crippen molar-refractivity contribution in [2.45, 2.75) is 40.2 Å². The van der Waals surface area contributed by atoms with Crippen LogP contribution in [-0.2, 0) is 11.3 Å². The fourth-order valence-corrected chi connectivity index (χ4v) is 2.50. The number of ether oxygens (including phenoxy) is 1. The van der Waals surface area contributed by atoms with E-state index in [1.165, 1.54) is 0 Å². The highest BCUT2D eigenvalue weighted by Gasteiger charge is 2.28. The van der Waals surface area contributed by atoms with E-state index in [0.29, 0.717) is 26.2 Å². The SMILES string of the molecule is CCNC(=NCc1ccc(OCC)c(C)c1)NCCNC(=O)C1CC1. The van der Waals surface area contributed by atoms with Gasteiger partial charge in [0, 0.05) is 25.6 Å². The standard InChI is InChI=1S/C19H30N4O2/c1-4-20-19(22-11-10-21-18(24)16-7-8-16)23-13-15-6-9-17(25-5-2)14(3)12-15/h6,9,12,16H,4-5,7-8,10-11,13H2,1-3H3,(H,21,24)(H2,20,22,23). The lowest BCUT2D eigenvalue weighted by molar-refractivity contribution is -0.122. The predicted molar refractivity (Wildman–Crippen MR) is 101 cm³/mol. The molecule has 1 fully saturated rings. The van der Waals surface area contributed by atoms with Crippen LogP contribution in [0.3, 0.4) is 0 Å². The van der Waals surface area contributed by atoms with Crippen molar-refractivity contribution in [3.63, 3.8) is 0 Å². The number of guanidine groups is 1. The first-order chi connectivity index (χ1) is 12.1. The summed E-state index contributed by atoms with van der Waals surface area (Å²) >= 11 is 0. The molecule has 0 aliphatic heterocycles. The number of aryl methyl sites for hydroxylation is 1. The molecule has 2 rings (SSSR count). The van der Waals surface area contributed by atoms with Crippen molar-refractivity contribution in [1.82, 2.24) is 16.0 Å². The first-order valence-electron chi connectivity index (χ1n) is 9.16. The lowest BCUT2D eigenvalue weighted by atomic mass is 10.1. The number of rotatable bonds is 9. The maximum atomic E-state index is 11.6. The van der Waals surface area contributed by atoms with Crippen LogP contribution in [0.1, 0.15) is 37.8 Å². The Bertz CT molecular complexity index is 597. The number of nitrogens with zero attached hydrogens (tertiary/aromatic N) is 1. The van der Waals surface area contributed by atoms with E-state index in [4.69, 9.17) is 4.74 Å². The molecule has 3 N–H and O–H groups in total. The number of aliphatic imine (C=N–C) groups is 1. The second-order valence-electron chi connectivity index (χ2n) is 6.22. The van der Waals surface area contributed by atoms with Crippen molar-refractivity contribution in [1.29, 1.82) is 0 Å². The number of nitrogens with one attached hydrogen (secondary N) is 3. The zero-order valence-electron chi connectivity index (χ0n) is 15.5. The molecule has 138 valence electrons. The van der Waals surface area contributed by atoms with Crippen LogP contribution in [-0.4, -0.2) is 38.1 Å². The zero-order chi connectivity index (χ0) is 18.1. The third kappa shape index (κ3) is 6.64. The summed E-state index contributed by atoms with van der Waals surface area (Å²) in [5.41, 5.74) is 2.26. The van der Waals surface area contributed by atoms with E-state index >= 15 is 0 Å². The van der Waals surface area contributed by atoms with Crippen molar-refractivity contribution in [3.8, 4) is 5.75 Å². The smallest absolute Gasteiger partial charge is 0.223 e. The monoisotopic (exact) mass is 346 g/mol. The highest BCUT2D eigenvalue weighted by Crippen LogP contribution is 2.28. The largest absolute Gasteiger partial charge is 0.494 e. The van der Waals surface area contributed by atoms with Crippen molar-refractivity contribution in [2.75, 3.05) is 26.2 Å². The number of hydrogen-bond donors (Lipinski definition) is 3. The van der Waals surface area contributed by atoms with Crippen LogP contribution >= 0.6 is 0 Å². The lowest BCUT2D eigenvalue weighted by Gasteiger charge is -2.12. The zero-order valence-corrected chi connectivity index (χ0v) is 15.5. The summed E-state index contributed by atoms with van der Waals surface area (Å²) in [6.45, 7) is 9.40. The van der Waals surface area contributed by atoms with E-state index in [-0.39, 0.29) is 11.8 Å². The number of hydrogen-bond acceptors (Lipinski definition) is 3. The Balaban J connectivity index is 1.81. The number of carbonyl (C=O) groups excluding carboxylic acids is 1. The molecular weight excluding hydrogens is 316 g/mol. The normalized spacial score (nSPS) is 14.1. The van der Waals surface area contributed by atoms with Crippen LogP contribution < -0.4 is 20.7 Å². The minimum Gasteiger partial charge on any atom is -0.494 e. The van der Waals surface area contributed by atoms with Gasteiger partial charge >= 0.3 is 0 Å². The second kappa shape index (κ2) is 9.91. The molecule has 0 unspecified atom stereocenters. The van der Waals surface area contributed by atoms with Gasteiger partial charge in [-0.3, -0.25) is 4.79 Å². The summed E-state index contributed by atoms with van der Waals surface area (Å²) in [6, 6.07) is 6.15. The third-order valence-corrected chi connectivity index (χ3v) is 3.97. The highest BCUT2D eigenvalue weighted by molar-refractivity contribution is 5.81. The highest BCUT2D eigenvalue weighted by atomic mass is 16.5. The van der Waals surface area contributed by atoms with Gasteiger partial charge in [-0.2, -0.15) is 0 Å². The fraction of sp³-hybridized carbons (Fsp3) is 0.579. The maximum absolute atomic E-state index is 11.6. The molecule has 0 bridgehead atoms. The van der Waals surface area contributed by atoms with Gasteiger partial charge in [-0.05, 0) is 50.8 Å². The number of amides is 1. The fourth-order valence-electron chi connectivity index (χ4n) is 2.50. The van der Waals surface area contributed by atoms with Gasteiger partial charge < -0.3 is 20.7 Å². The minimum atomic E-state index is 0.175. The van der Waals surface area contributed by atoms with Crippen molar-refractivity contribution in [2.24, 2.45) is 10.9 Å². The quantitative estimate of drug-likeness (QED) is 0.363. The molecule has 0 heterocycles. The molecule has 0 radical (unpaired) electrons. The van der Waals surface area contributed by atoms with Crippen molar-refractivity contribution in [3.05, 3.63) is 29.3 Å². The summed E-state index contributed by atoms with van der Waals surface area (Å²) in [5.74, 6) is 2.11. The third-order valence-electron chi connectivity index (χ3n) is 3.97. The average Bonchev–Trinajstić information content (AvgIpc) is 3.43. The average molecular weight is 346 g/mol. The number of benzene rings is 1. The van der Waals surface area contributed by atoms with Crippen LogP contribution in [0.25, 0.3) is 0 Å². The van der Waals surface area contributed by atoms with Gasteiger partial charge in [0.25, 0.3) is 0 Å². The first-order valence-corrected chi connectivity index (χ1v) is 9.16. The number of carbonyl (C=O) groups is 1. The molecule has 0 saturated heterocycles. The van der Waals surface area contributed by atoms with Crippen LogP contribution in [0.2, 0.25) is 0 Å². The van der Waals surface area contributed by atoms with Crippen LogP contribution in [0.4, 0.5) is 0 Å². The predicted octanol–water partition coefficient (Wildman–Crippen LogP) is 1.98. The maximum Gasteiger partial charge on any atom is 0.223 e. The molecule has 1 saturated carbocycles. The van der Waals surface area contributed by atoms with Crippen molar-refractivity contribution >= 4 is 11.9 Å². The lowest BCUT2D eigenvalue weighted by Crippen LogP contribution is -2.41. The Labute approximate surface area is 150 Å². The van der Waals surface area contributed by atoms with Gasteiger partial charge in [0.1, 0.15) is 5.75 Å². The minimum absolute atomic E-state index is 0.175. The molecule has 6 nitrogen and oxygen atoms in total. The molecule has 0 atom stereocenters. The topological polar surface area (TPSA) is 74.8 Å². The molecule has 1 aliphatic rings. The van der Waals surface area contributed by atoms with E-state index in [2.05, 4.69) is 27.0 Å². The summed E-state index contributed by atoms with van der Waals surface area (Å²) in [4.78, 5) is 16.2. The van der Waals surface area contributed by atoms with Gasteiger partial charge in [-0.15, -0.1) is 0 Å². The van der Waals surface area contributed by atoms with Crippen LogP contribution in [0.15, 0.2) is 23.2 Å². The van der Waals surface area contributed by atoms with Gasteiger partial charge in [-0.25, -0.2) is 4.99 Å². The van der Waals surface area contributed by atoms with Crippen LogP contribution in [0, 0.1) is 12.8 Å². The molecule has 6 heteroatoms. The van der Waals surface area contributed by atoms with E-state index in [1.54, 1.807) is 0 Å². The van der Waals surface area contributed by atoms with Gasteiger partial charge in [0.15, 0.2) is 5.96 Å². The van der Waals surface area contributed by atoms with E-state index in [9.17, 15) is 4.79 Å². The Hall–Kier alpha value is -2.24. The Morgan fingerprint density at radius 2 is 1.96 bits per heavy atom. The van der Waals surface area contributed by atoms with E-state index < -0.39 is 0 Å². The first kappa shape index (κ1) is 19.1. The summed E-state index contributed by atoms with van der Waals surface area (Å²) in [7, 11) is 0. The summed E-state index contributed by atoms with van der Waals surface area (Å²) < 4.78 is 5.57. The molecule has 25 heavy (non-hydrogen) atoms. The summed E-state index contributed by atoms with van der Waals surface area (Å²) in [6.07, 6.45) is 2.07. The van der Waals surface area contributed by atoms with E-state index in [0.717, 1.165) is 42.2 Å². The molecule has 0 aromatic heterocycles. The van der Waals surface area contributed by atoms with Gasteiger partial charge in [0.2, 0.25) is 5.91 Å². The molecule has 1 amide bonds. The molecule has 0 spiro atoms. The van der Waals surface area contributed by atoms with Gasteiger partial charge in [0.05, 0.1) is 13.2 Å². The molecule has 1 aliphatic carbocycles. The van der Waals surface area contributed by atoms with E-state index in [1.807, 2.05) is 32.9 Å². The summed E-state index contributed by atoms with van der Waals surface area (Å²) in [5, 5.41) is 9.42.